The summed E-state index contributed by atoms with van der Waals surface area (Å²) in [5.74, 6) is 1.84. The first-order valence-electron chi connectivity index (χ1n) is 6.38. The van der Waals surface area contributed by atoms with Crippen LogP contribution in [0.1, 0.15) is 0 Å². The topological polar surface area (TPSA) is 98.9 Å². The standard InChI is InChI=1S/C13H15N3O5/c1-19-11-3-13-12(20-7-21-13)2-9(11)10-5-16(15-14-10)4-8(18)6-17/h2-3,5,8,17-18H,4,6-7H2,1H3/t8-/m1/s1. The van der Waals surface area contributed by atoms with Gasteiger partial charge in [0.15, 0.2) is 11.5 Å². The van der Waals surface area contributed by atoms with Gasteiger partial charge in [0.25, 0.3) is 0 Å². The minimum atomic E-state index is -0.877. The fourth-order valence-electron chi connectivity index (χ4n) is 2.08. The molecule has 8 heteroatoms. The molecular formula is C13H15N3O5. The normalized spacial score (nSPS) is 14.2. The summed E-state index contributed by atoms with van der Waals surface area (Å²) in [5.41, 5.74) is 1.29. The monoisotopic (exact) mass is 293 g/mol. The minimum absolute atomic E-state index is 0.163. The van der Waals surface area contributed by atoms with Gasteiger partial charge in [-0.3, -0.25) is 0 Å². The molecule has 8 nitrogen and oxygen atoms in total. The van der Waals surface area contributed by atoms with Crippen LogP contribution in [-0.2, 0) is 6.54 Å². The van der Waals surface area contributed by atoms with E-state index in [1.54, 1.807) is 25.4 Å². The Morgan fingerprint density at radius 3 is 2.86 bits per heavy atom. The van der Waals surface area contributed by atoms with Crippen molar-refractivity contribution >= 4 is 0 Å². The molecule has 1 aliphatic rings. The molecule has 2 aromatic rings. The van der Waals surface area contributed by atoms with Gasteiger partial charge >= 0.3 is 0 Å². The lowest BCUT2D eigenvalue weighted by Gasteiger charge is -2.07. The number of hydrogen-bond donors (Lipinski definition) is 2. The summed E-state index contributed by atoms with van der Waals surface area (Å²) in [5, 5.41) is 26.2. The van der Waals surface area contributed by atoms with Gasteiger partial charge in [-0.05, 0) is 6.07 Å². The third-order valence-electron chi connectivity index (χ3n) is 3.12. The lowest BCUT2D eigenvalue weighted by molar-refractivity contribution is 0.0778. The molecule has 3 rings (SSSR count). The number of methoxy groups -OCH3 is 1. The van der Waals surface area contributed by atoms with E-state index in [2.05, 4.69) is 10.3 Å². The first-order chi connectivity index (χ1) is 10.2. The Kier molecular flexibility index (Phi) is 3.63. The van der Waals surface area contributed by atoms with Crippen molar-refractivity contribution in [3.63, 3.8) is 0 Å². The Balaban J connectivity index is 1.93. The first kappa shape index (κ1) is 13.7. The molecule has 1 aromatic heterocycles. The first-order valence-corrected chi connectivity index (χ1v) is 6.38. The van der Waals surface area contributed by atoms with Crippen LogP contribution in [-0.4, -0.2) is 51.8 Å². The van der Waals surface area contributed by atoms with Crippen molar-refractivity contribution in [2.75, 3.05) is 20.5 Å². The second kappa shape index (κ2) is 5.58. The van der Waals surface area contributed by atoms with E-state index in [1.807, 2.05) is 0 Å². The van der Waals surface area contributed by atoms with Crippen molar-refractivity contribution in [2.24, 2.45) is 0 Å². The molecule has 0 saturated heterocycles. The van der Waals surface area contributed by atoms with Gasteiger partial charge in [0.2, 0.25) is 6.79 Å². The van der Waals surface area contributed by atoms with E-state index >= 15 is 0 Å². The van der Waals surface area contributed by atoms with Gasteiger partial charge < -0.3 is 24.4 Å². The molecule has 1 aliphatic heterocycles. The zero-order valence-electron chi connectivity index (χ0n) is 11.4. The quantitative estimate of drug-likeness (QED) is 0.802. The molecule has 1 atom stereocenters. The molecule has 0 unspecified atom stereocenters. The molecular weight excluding hydrogens is 278 g/mol. The molecule has 112 valence electrons. The number of rotatable bonds is 5. The van der Waals surface area contributed by atoms with Gasteiger partial charge in [0, 0.05) is 11.6 Å². The van der Waals surface area contributed by atoms with Crippen LogP contribution in [0.5, 0.6) is 17.2 Å². The maximum absolute atomic E-state index is 9.42. The zero-order chi connectivity index (χ0) is 14.8. The van der Waals surface area contributed by atoms with Gasteiger partial charge in [-0.25, -0.2) is 4.68 Å². The van der Waals surface area contributed by atoms with Gasteiger partial charge in [0.05, 0.1) is 32.6 Å². The lowest BCUT2D eigenvalue weighted by Crippen LogP contribution is -2.20. The molecule has 21 heavy (non-hydrogen) atoms. The van der Waals surface area contributed by atoms with Gasteiger partial charge in [-0.1, -0.05) is 5.21 Å². The van der Waals surface area contributed by atoms with Gasteiger partial charge in [-0.2, -0.15) is 0 Å². The second-order valence-electron chi connectivity index (χ2n) is 4.57. The molecule has 0 spiro atoms. The summed E-state index contributed by atoms with van der Waals surface area (Å²) in [6.07, 6.45) is 0.789. The fraction of sp³-hybridized carbons (Fsp3) is 0.385. The summed E-state index contributed by atoms with van der Waals surface area (Å²) in [6, 6.07) is 3.51. The highest BCUT2D eigenvalue weighted by Gasteiger charge is 2.20. The second-order valence-corrected chi connectivity index (χ2v) is 4.57. The van der Waals surface area contributed by atoms with E-state index < -0.39 is 6.10 Å². The Hall–Kier alpha value is -2.32. The summed E-state index contributed by atoms with van der Waals surface area (Å²) in [4.78, 5) is 0. The highest BCUT2D eigenvalue weighted by molar-refractivity contribution is 5.71. The highest BCUT2D eigenvalue weighted by Crippen LogP contribution is 2.41. The Bertz CT molecular complexity index is 643. The van der Waals surface area contributed by atoms with E-state index in [4.69, 9.17) is 19.3 Å². The summed E-state index contributed by atoms with van der Waals surface area (Å²) >= 11 is 0. The van der Waals surface area contributed by atoms with Crippen LogP contribution >= 0.6 is 0 Å². The number of fused-ring (bicyclic) bond motifs is 1. The molecule has 0 amide bonds. The Morgan fingerprint density at radius 1 is 1.38 bits per heavy atom. The number of nitrogens with zero attached hydrogens (tertiary/aromatic N) is 3. The third-order valence-corrected chi connectivity index (χ3v) is 3.12. The van der Waals surface area contributed by atoms with E-state index in [1.165, 1.54) is 4.68 Å². The molecule has 2 heterocycles. The molecule has 0 aliphatic carbocycles. The van der Waals surface area contributed by atoms with Crippen LogP contribution in [0.15, 0.2) is 18.3 Å². The van der Waals surface area contributed by atoms with Gasteiger partial charge in [-0.15, -0.1) is 5.10 Å². The van der Waals surface area contributed by atoms with Crippen molar-refractivity contribution < 1.29 is 24.4 Å². The highest BCUT2D eigenvalue weighted by atomic mass is 16.7. The summed E-state index contributed by atoms with van der Waals surface area (Å²) < 4.78 is 17.4. The van der Waals surface area contributed by atoms with Gasteiger partial charge in [0.1, 0.15) is 11.4 Å². The van der Waals surface area contributed by atoms with Crippen molar-refractivity contribution in [2.45, 2.75) is 12.6 Å². The predicted molar refractivity (Wildman–Crippen MR) is 71.2 cm³/mol. The van der Waals surface area contributed by atoms with E-state index in [9.17, 15) is 5.11 Å². The lowest BCUT2D eigenvalue weighted by atomic mass is 10.1. The average Bonchev–Trinajstić information content (AvgIpc) is 3.13. The van der Waals surface area contributed by atoms with E-state index in [0.29, 0.717) is 28.5 Å². The molecule has 1 aromatic carbocycles. The largest absolute Gasteiger partial charge is 0.496 e. The maximum Gasteiger partial charge on any atom is 0.231 e. The number of aliphatic hydroxyl groups excluding tert-OH is 2. The van der Waals surface area contributed by atoms with E-state index in [0.717, 1.165) is 0 Å². The third kappa shape index (κ3) is 2.63. The predicted octanol–water partition coefficient (Wildman–Crippen LogP) is 0.0356. The molecule has 0 fully saturated rings. The number of ether oxygens (including phenoxy) is 3. The number of aromatic nitrogens is 3. The maximum atomic E-state index is 9.42. The fourth-order valence-corrected chi connectivity index (χ4v) is 2.08. The summed E-state index contributed by atoms with van der Waals surface area (Å²) in [7, 11) is 1.56. The Labute approximate surface area is 120 Å². The van der Waals surface area contributed by atoms with Crippen LogP contribution in [0.25, 0.3) is 11.3 Å². The number of hydrogen-bond acceptors (Lipinski definition) is 7. The van der Waals surface area contributed by atoms with Crippen LogP contribution < -0.4 is 14.2 Å². The van der Waals surface area contributed by atoms with Crippen LogP contribution in [0.4, 0.5) is 0 Å². The van der Waals surface area contributed by atoms with Crippen molar-refractivity contribution in [1.29, 1.82) is 0 Å². The van der Waals surface area contributed by atoms with Crippen LogP contribution in [0.3, 0.4) is 0 Å². The molecule has 0 bridgehead atoms. The number of benzene rings is 1. The SMILES string of the molecule is COc1cc2c(cc1-c1cn(C[C@@H](O)CO)nn1)OCO2. The minimum Gasteiger partial charge on any atom is -0.496 e. The molecule has 0 radical (unpaired) electrons. The van der Waals surface area contributed by atoms with E-state index in [-0.39, 0.29) is 19.9 Å². The molecule has 2 N–H and O–H groups in total. The van der Waals surface area contributed by atoms with Crippen LogP contribution in [0.2, 0.25) is 0 Å². The smallest absolute Gasteiger partial charge is 0.231 e. The zero-order valence-corrected chi connectivity index (χ0v) is 11.4. The van der Waals surface area contributed by atoms with Crippen molar-refractivity contribution in [3.05, 3.63) is 18.3 Å². The Morgan fingerprint density at radius 2 is 2.14 bits per heavy atom. The summed E-state index contributed by atoms with van der Waals surface area (Å²) in [6.45, 7) is 0.0101. The number of aliphatic hydroxyl groups is 2. The van der Waals surface area contributed by atoms with Crippen molar-refractivity contribution in [3.8, 4) is 28.5 Å². The van der Waals surface area contributed by atoms with Crippen LogP contribution in [0, 0.1) is 0 Å². The molecule has 0 saturated carbocycles. The van der Waals surface area contributed by atoms with Crippen molar-refractivity contribution in [1.82, 2.24) is 15.0 Å². The average molecular weight is 293 g/mol.